The maximum absolute atomic E-state index is 6.14. The zero-order valence-electron chi connectivity index (χ0n) is 11.4. The summed E-state index contributed by atoms with van der Waals surface area (Å²) in [6, 6.07) is 7.29. The SMILES string of the molecule is CCCNc1cc(C)nc(Nc2cccc(Cl)c2Cl)n1. The first kappa shape index (κ1) is 14.9. The highest BCUT2D eigenvalue weighted by Gasteiger charge is 2.07. The van der Waals surface area contributed by atoms with Crippen molar-refractivity contribution in [2.24, 2.45) is 0 Å². The van der Waals surface area contributed by atoms with Gasteiger partial charge in [-0.25, -0.2) is 4.98 Å². The summed E-state index contributed by atoms with van der Waals surface area (Å²) in [6.45, 7) is 4.89. The fourth-order valence-corrected chi connectivity index (χ4v) is 2.04. The summed E-state index contributed by atoms with van der Waals surface area (Å²) in [6.07, 6.45) is 1.03. The van der Waals surface area contributed by atoms with Crippen molar-refractivity contribution in [1.82, 2.24) is 9.97 Å². The van der Waals surface area contributed by atoms with Crippen molar-refractivity contribution in [3.05, 3.63) is 40.0 Å². The molecule has 4 nitrogen and oxygen atoms in total. The second kappa shape index (κ2) is 6.77. The van der Waals surface area contributed by atoms with Gasteiger partial charge in [-0.15, -0.1) is 0 Å². The van der Waals surface area contributed by atoms with Gasteiger partial charge in [0.2, 0.25) is 5.95 Å². The number of rotatable bonds is 5. The lowest BCUT2D eigenvalue weighted by atomic mass is 10.3. The monoisotopic (exact) mass is 310 g/mol. The van der Waals surface area contributed by atoms with Gasteiger partial charge in [0.15, 0.2) is 0 Å². The Balaban J connectivity index is 2.24. The quantitative estimate of drug-likeness (QED) is 0.843. The molecule has 6 heteroatoms. The summed E-state index contributed by atoms with van der Waals surface area (Å²) >= 11 is 12.1. The van der Waals surface area contributed by atoms with Crippen LogP contribution in [0.4, 0.5) is 17.5 Å². The first-order valence-electron chi connectivity index (χ1n) is 6.40. The van der Waals surface area contributed by atoms with Crippen LogP contribution in [0.1, 0.15) is 19.0 Å². The summed E-state index contributed by atoms with van der Waals surface area (Å²) < 4.78 is 0. The summed E-state index contributed by atoms with van der Waals surface area (Å²) in [5, 5.41) is 7.28. The molecule has 2 N–H and O–H groups in total. The van der Waals surface area contributed by atoms with E-state index in [0.717, 1.165) is 24.5 Å². The lowest BCUT2D eigenvalue weighted by molar-refractivity contribution is 0.962. The second-order valence-electron chi connectivity index (χ2n) is 4.37. The molecule has 0 aliphatic carbocycles. The Labute approximate surface area is 128 Å². The predicted molar refractivity (Wildman–Crippen MR) is 85.3 cm³/mol. The number of hydrogen-bond donors (Lipinski definition) is 2. The van der Waals surface area contributed by atoms with Crippen LogP contribution >= 0.6 is 23.2 Å². The van der Waals surface area contributed by atoms with E-state index in [0.29, 0.717) is 21.7 Å². The molecule has 0 saturated heterocycles. The lowest BCUT2D eigenvalue weighted by Gasteiger charge is -2.10. The van der Waals surface area contributed by atoms with Gasteiger partial charge in [-0.05, 0) is 25.5 Å². The molecule has 0 saturated carbocycles. The number of nitrogens with one attached hydrogen (secondary N) is 2. The molecule has 0 atom stereocenters. The van der Waals surface area contributed by atoms with Crippen LogP contribution in [0, 0.1) is 6.92 Å². The van der Waals surface area contributed by atoms with Crippen LogP contribution in [-0.2, 0) is 0 Å². The van der Waals surface area contributed by atoms with Gasteiger partial charge in [-0.3, -0.25) is 0 Å². The second-order valence-corrected chi connectivity index (χ2v) is 5.16. The largest absolute Gasteiger partial charge is 0.370 e. The first-order chi connectivity index (χ1) is 9.60. The van der Waals surface area contributed by atoms with Gasteiger partial charge in [0.25, 0.3) is 0 Å². The number of halogens is 2. The Morgan fingerprint density at radius 1 is 1.20 bits per heavy atom. The molecule has 1 aromatic carbocycles. The van der Waals surface area contributed by atoms with Crippen molar-refractivity contribution in [2.45, 2.75) is 20.3 Å². The van der Waals surface area contributed by atoms with Crippen molar-refractivity contribution in [3.63, 3.8) is 0 Å². The molecule has 1 heterocycles. The number of benzene rings is 1. The third kappa shape index (κ3) is 3.74. The topological polar surface area (TPSA) is 49.8 Å². The minimum absolute atomic E-state index is 0.461. The Morgan fingerprint density at radius 3 is 2.75 bits per heavy atom. The van der Waals surface area contributed by atoms with Crippen molar-refractivity contribution < 1.29 is 0 Å². The van der Waals surface area contributed by atoms with Crippen LogP contribution in [0.3, 0.4) is 0 Å². The average molecular weight is 311 g/mol. The highest BCUT2D eigenvalue weighted by molar-refractivity contribution is 6.43. The molecular weight excluding hydrogens is 295 g/mol. The van der Waals surface area contributed by atoms with Gasteiger partial charge in [0.05, 0.1) is 15.7 Å². The van der Waals surface area contributed by atoms with Crippen molar-refractivity contribution in [3.8, 4) is 0 Å². The molecule has 0 spiro atoms. The molecule has 0 aliphatic heterocycles. The maximum atomic E-state index is 6.14. The highest BCUT2D eigenvalue weighted by atomic mass is 35.5. The van der Waals surface area contributed by atoms with Crippen molar-refractivity contribution >= 4 is 40.7 Å². The van der Waals surface area contributed by atoms with E-state index in [4.69, 9.17) is 23.2 Å². The van der Waals surface area contributed by atoms with E-state index >= 15 is 0 Å². The number of aryl methyl sites for hydroxylation is 1. The van der Waals surface area contributed by atoms with Crippen LogP contribution in [0.5, 0.6) is 0 Å². The smallest absolute Gasteiger partial charge is 0.229 e. The molecule has 0 radical (unpaired) electrons. The molecule has 2 rings (SSSR count). The van der Waals surface area contributed by atoms with E-state index in [9.17, 15) is 0 Å². The molecule has 1 aromatic heterocycles. The molecular formula is C14H16Cl2N4. The fraction of sp³-hybridized carbons (Fsp3) is 0.286. The maximum Gasteiger partial charge on any atom is 0.229 e. The first-order valence-corrected chi connectivity index (χ1v) is 7.16. The Kier molecular flexibility index (Phi) is 5.04. The van der Waals surface area contributed by atoms with E-state index in [2.05, 4.69) is 27.5 Å². The zero-order chi connectivity index (χ0) is 14.5. The summed E-state index contributed by atoms with van der Waals surface area (Å²) in [4.78, 5) is 8.75. The van der Waals surface area contributed by atoms with Crippen molar-refractivity contribution in [1.29, 1.82) is 0 Å². The molecule has 0 fully saturated rings. The third-order valence-electron chi connectivity index (χ3n) is 2.61. The summed E-state index contributed by atoms with van der Waals surface area (Å²) in [5.41, 5.74) is 1.56. The van der Waals surface area contributed by atoms with Gasteiger partial charge >= 0.3 is 0 Å². The Hall–Kier alpha value is -1.52. The van der Waals surface area contributed by atoms with Crippen LogP contribution in [0.2, 0.25) is 10.0 Å². The van der Waals surface area contributed by atoms with E-state index in [-0.39, 0.29) is 0 Å². The fourth-order valence-electron chi connectivity index (χ4n) is 1.69. The molecule has 106 valence electrons. The van der Waals surface area contributed by atoms with E-state index in [1.807, 2.05) is 25.1 Å². The number of nitrogens with zero attached hydrogens (tertiary/aromatic N) is 2. The van der Waals surface area contributed by atoms with Crippen LogP contribution < -0.4 is 10.6 Å². The number of hydrogen-bond acceptors (Lipinski definition) is 4. The van der Waals surface area contributed by atoms with Gasteiger partial charge in [0.1, 0.15) is 5.82 Å². The minimum Gasteiger partial charge on any atom is -0.370 e. The number of aromatic nitrogens is 2. The van der Waals surface area contributed by atoms with Crippen LogP contribution in [0.25, 0.3) is 0 Å². The Morgan fingerprint density at radius 2 is 2.00 bits per heavy atom. The predicted octanol–water partition coefficient (Wildman–Crippen LogP) is 4.66. The van der Waals surface area contributed by atoms with Gasteiger partial charge in [0, 0.05) is 18.3 Å². The zero-order valence-corrected chi connectivity index (χ0v) is 12.9. The molecule has 20 heavy (non-hydrogen) atoms. The van der Waals surface area contributed by atoms with Gasteiger partial charge in [-0.2, -0.15) is 4.98 Å². The highest BCUT2D eigenvalue weighted by Crippen LogP contribution is 2.31. The molecule has 0 aliphatic rings. The normalized spacial score (nSPS) is 10.4. The van der Waals surface area contributed by atoms with Gasteiger partial charge < -0.3 is 10.6 Å². The molecule has 0 bridgehead atoms. The summed E-state index contributed by atoms with van der Waals surface area (Å²) in [5.74, 6) is 1.28. The molecule has 0 amide bonds. The molecule has 0 unspecified atom stereocenters. The van der Waals surface area contributed by atoms with Crippen LogP contribution in [0.15, 0.2) is 24.3 Å². The standard InChI is InChI=1S/C14H16Cl2N4/c1-3-7-17-12-8-9(2)18-14(20-12)19-11-6-4-5-10(15)13(11)16/h4-6,8H,3,7H2,1-2H3,(H2,17,18,19,20). The minimum atomic E-state index is 0.461. The third-order valence-corrected chi connectivity index (χ3v) is 3.43. The molecule has 2 aromatic rings. The van der Waals surface area contributed by atoms with E-state index in [1.165, 1.54) is 0 Å². The Bertz CT molecular complexity index is 602. The van der Waals surface area contributed by atoms with E-state index < -0.39 is 0 Å². The van der Waals surface area contributed by atoms with Crippen molar-refractivity contribution in [2.75, 3.05) is 17.2 Å². The average Bonchev–Trinajstić information content (AvgIpc) is 2.41. The lowest BCUT2D eigenvalue weighted by Crippen LogP contribution is -2.06. The van der Waals surface area contributed by atoms with Crippen LogP contribution in [-0.4, -0.2) is 16.5 Å². The van der Waals surface area contributed by atoms with Gasteiger partial charge in [-0.1, -0.05) is 36.2 Å². The number of anilines is 3. The summed E-state index contributed by atoms with van der Waals surface area (Å²) in [7, 11) is 0. The van der Waals surface area contributed by atoms with E-state index in [1.54, 1.807) is 6.07 Å².